The fourth-order valence-electron chi connectivity index (χ4n) is 0.714. The average molecular weight is 104 g/mol. The van der Waals surface area contributed by atoms with Gasteiger partial charge in [0.15, 0.2) is 0 Å². The van der Waals surface area contributed by atoms with Crippen LogP contribution in [0.15, 0.2) is 24.1 Å². The summed E-state index contributed by atoms with van der Waals surface area (Å²) in [6.45, 7) is 4.23. The first-order valence-electron chi connectivity index (χ1n) is 2.97. The normalized spacial score (nSPS) is 8.62. The maximum absolute atomic E-state index is 2.16. The fraction of sp³-hybridized carbons (Fsp3) is 0.286. The third-order valence-electron chi connectivity index (χ3n) is 1.25. The van der Waals surface area contributed by atoms with Gasteiger partial charge in [-0.05, 0) is 0 Å². The van der Waals surface area contributed by atoms with Crippen molar-refractivity contribution < 1.29 is 0 Å². The Hall–Kier alpha value is -0.585. The zero-order valence-electron chi connectivity index (χ0n) is 5.09. The van der Waals surface area contributed by atoms with Crippen LogP contribution in [0.2, 0.25) is 0 Å². The fourth-order valence-corrected chi connectivity index (χ4v) is 0.714. The van der Waals surface area contributed by atoms with Crippen LogP contribution in [-0.2, 0) is 6.42 Å². The molecule has 0 aliphatic carbocycles. The molecule has 0 atom stereocenters. The molecular weight excluding hydrogens is 94.9 g/mol. The molecule has 0 fully saturated rings. The summed E-state index contributed by atoms with van der Waals surface area (Å²) >= 11 is 0. The molecule has 0 spiro atoms. The molecule has 0 amide bonds. The van der Waals surface area contributed by atoms with Gasteiger partial charge in [-0.1, -0.05) is 0 Å². The topological polar surface area (TPSA) is 0 Å². The molecule has 0 unspecified atom stereocenters. The molecule has 0 bridgehead atoms. The van der Waals surface area contributed by atoms with Gasteiger partial charge in [-0.3, -0.25) is 0 Å². The molecule has 0 nitrogen and oxygen atoms in total. The molecule has 0 radical (unpaired) electrons. The molecule has 0 saturated heterocycles. The number of hydrogen-bond donors (Lipinski definition) is 0. The van der Waals surface area contributed by atoms with Gasteiger partial charge >= 0.3 is 49.9 Å². The number of aryl methyl sites for hydroxylation is 1. The van der Waals surface area contributed by atoms with Gasteiger partial charge in [-0.25, -0.2) is 0 Å². The van der Waals surface area contributed by atoms with Crippen LogP contribution in [0.4, 0.5) is 0 Å². The van der Waals surface area contributed by atoms with Crippen molar-refractivity contribution in [1.82, 2.24) is 0 Å². The number of rotatable bonds is 1. The van der Waals surface area contributed by atoms with Gasteiger partial charge in [0.25, 0.3) is 0 Å². The van der Waals surface area contributed by atoms with Crippen molar-refractivity contribution in [3.8, 4) is 0 Å². The van der Waals surface area contributed by atoms with Crippen LogP contribution >= 0.6 is 0 Å². The Balaban J connectivity index is 2.83. The van der Waals surface area contributed by atoms with Gasteiger partial charge in [-0.15, -0.1) is 0 Å². The minimum absolute atomic E-state index is 1.14. The quantitative estimate of drug-likeness (QED) is 0.507. The van der Waals surface area contributed by atoms with Crippen molar-refractivity contribution in [2.75, 3.05) is 0 Å². The van der Waals surface area contributed by atoms with E-state index in [-0.39, 0.29) is 0 Å². The first kappa shape index (κ1) is 5.55. The monoisotopic (exact) mass is 104 g/mol. The van der Waals surface area contributed by atoms with Crippen molar-refractivity contribution in [1.29, 1.82) is 0 Å². The van der Waals surface area contributed by atoms with Crippen LogP contribution in [0.3, 0.4) is 0 Å². The van der Waals surface area contributed by atoms with Crippen molar-refractivity contribution >= 4 is 6.91 Å². The molecule has 0 aliphatic heterocycles. The van der Waals surface area contributed by atoms with Crippen LogP contribution in [0.1, 0.15) is 12.5 Å². The van der Waals surface area contributed by atoms with Gasteiger partial charge in [0.2, 0.25) is 0 Å². The molecule has 1 rings (SSSR count). The van der Waals surface area contributed by atoms with Gasteiger partial charge in [0.1, 0.15) is 0 Å². The van der Waals surface area contributed by atoms with E-state index in [4.69, 9.17) is 0 Å². The predicted molar refractivity (Wildman–Crippen MR) is 37.2 cm³/mol. The Morgan fingerprint density at radius 2 is 2.50 bits per heavy atom. The molecule has 0 aromatic carbocycles. The Morgan fingerprint density at radius 1 is 1.62 bits per heavy atom. The summed E-state index contributed by atoms with van der Waals surface area (Å²) in [4.78, 5) is 0. The maximum atomic E-state index is 2.16. The molecule has 40 valence electrons. The summed E-state index contributed by atoms with van der Waals surface area (Å²) in [7, 11) is 0. The minimum atomic E-state index is 1.14. The molecule has 1 aromatic rings. The summed E-state index contributed by atoms with van der Waals surface area (Å²) in [6, 6.07) is 4.21. The van der Waals surface area contributed by atoms with Crippen LogP contribution < -0.4 is 0 Å². The van der Waals surface area contributed by atoms with Crippen molar-refractivity contribution in [2.45, 2.75) is 13.3 Å². The van der Waals surface area contributed by atoms with Crippen molar-refractivity contribution in [2.24, 2.45) is 0 Å². The summed E-state index contributed by atoms with van der Waals surface area (Å²) < 4.78 is 0. The van der Waals surface area contributed by atoms with Crippen LogP contribution in [0.25, 0.3) is 0 Å². The molecule has 1 heteroatoms. The first-order chi connectivity index (χ1) is 3.93. The van der Waals surface area contributed by atoms with Crippen LogP contribution in [0, 0.1) is 0 Å². The van der Waals surface area contributed by atoms with E-state index in [9.17, 15) is 0 Å². The first-order valence-corrected chi connectivity index (χ1v) is 2.97. The molecule has 0 saturated carbocycles. The van der Waals surface area contributed by atoms with Crippen LogP contribution in [0.5, 0.6) is 0 Å². The summed E-state index contributed by atoms with van der Waals surface area (Å²) in [5, 5.41) is 0. The van der Waals surface area contributed by atoms with Crippen LogP contribution in [-0.4, -0.2) is 6.91 Å². The SMILES string of the molecule is CCc1cbccc1. The number of hydrogen-bond acceptors (Lipinski definition) is 0. The Morgan fingerprint density at radius 3 is 2.88 bits per heavy atom. The van der Waals surface area contributed by atoms with E-state index < -0.39 is 0 Å². The van der Waals surface area contributed by atoms with E-state index in [1.807, 2.05) is 5.96 Å². The van der Waals surface area contributed by atoms with Gasteiger partial charge in [0, 0.05) is 0 Å². The van der Waals surface area contributed by atoms with Gasteiger partial charge < -0.3 is 0 Å². The average Bonchev–Trinajstić information content (AvgIpc) is 1.90. The third kappa shape index (κ3) is 1.19. The van der Waals surface area contributed by atoms with E-state index in [2.05, 4.69) is 31.9 Å². The van der Waals surface area contributed by atoms with Crippen molar-refractivity contribution in [3.63, 3.8) is 0 Å². The standard InChI is InChI=1S/C7H9B/c1-2-7-4-3-5-8-6-7/h3-6H,2H2,1H3. The third-order valence-corrected chi connectivity index (χ3v) is 1.25. The van der Waals surface area contributed by atoms with E-state index in [0.717, 1.165) is 6.42 Å². The molecule has 1 aromatic heterocycles. The predicted octanol–water partition coefficient (Wildman–Crippen LogP) is 1.59. The Bertz CT molecular complexity index is 146. The second kappa shape index (κ2) is 2.66. The summed E-state index contributed by atoms with van der Waals surface area (Å²) in [5.74, 6) is 4.18. The van der Waals surface area contributed by atoms with Crippen molar-refractivity contribution in [3.05, 3.63) is 29.6 Å². The Labute approximate surface area is 50.8 Å². The molecule has 1 heterocycles. The molecule has 0 aliphatic rings. The van der Waals surface area contributed by atoms with E-state index in [1.165, 1.54) is 5.56 Å². The zero-order chi connectivity index (χ0) is 5.82. The zero-order valence-corrected chi connectivity index (χ0v) is 5.09. The second-order valence-electron chi connectivity index (χ2n) is 1.84. The van der Waals surface area contributed by atoms with Gasteiger partial charge in [0.05, 0.1) is 0 Å². The molecule has 0 N–H and O–H groups in total. The summed E-state index contributed by atoms with van der Waals surface area (Å²) in [6.07, 6.45) is 1.14. The van der Waals surface area contributed by atoms with Gasteiger partial charge in [-0.2, -0.15) is 0 Å². The Kier molecular flexibility index (Phi) is 1.84. The van der Waals surface area contributed by atoms with E-state index in [0.29, 0.717) is 0 Å². The second-order valence-corrected chi connectivity index (χ2v) is 1.84. The molecule has 8 heavy (non-hydrogen) atoms. The molecular formula is C7H9B. The van der Waals surface area contributed by atoms with E-state index >= 15 is 0 Å². The van der Waals surface area contributed by atoms with E-state index in [1.54, 1.807) is 0 Å². The summed E-state index contributed by atoms with van der Waals surface area (Å²) in [5.41, 5.74) is 1.41.